The van der Waals surface area contributed by atoms with Crippen molar-refractivity contribution in [3.63, 3.8) is 0 Å². The number of halogens is 3. The fourth-order valence-electron chi connectivity index (χ4n) is 2.33. The molecule has 106 valence electrons. The Balaban J connectivity index is 1.99. The topological polar surface area (TPSA) is 60.0 Å². The highest BCUT2D eigenvalue weighted by Crippen LogP contribution is 2.38. The summed E-state index contributed by atoms with van der Waals surface area (Å²) in [7, 11) is 0. The molecule has 20 heavy (non-hydrogen) atoms. The molecule has 2 N–H and O–H groups in total. The maximum Gasteiger partial charge on any atom is 0.418 e. The zero-order valence-corrected chi connectivity index (χ0v) is 10.4. The molecule has 0 spiro atoms. The van der Waals surface area contributed by atoms with E-state index in [1.807, 2.05) is 4.57 Å². The first kappa shape index (κ1) is 12.8. The van der Waals surface area contributed by atoms with E-state index < -0.39 is 11.7 Å². The first-order chi connectivity index (χ1) is 9.45. The third-order valence-corrected chi connectivity index (χ3v) is 3.31. The van der Waals surface area contributed by atoms with Gasteiger partial charge in [0.05, 0.1) is 12.1 Å². The van der Waals surface area contributed by atoms with Gasteiger partial charge in [0.1, 0.15) is 6.33 Å². The van der Waals surface area contributed by atoms with E-state index in [2.05, 4.69) is 10.2 Å². The van der Waals surface area contributed by atoms with Crippen LogP contribution in [0.3, 0.4) is 0 Å². The van der Waals surface area contributed by atoms with Crippen LogP contribution in [0.25, 0.3) is 0 Å². The molecule has 1 aromatic carbocycles. The number of nitrogens with two attached hydrogens (primary N) is 1. The second-order valence-electron chi connectivity index (χ2n) is 4.64. The number of rotatable bonds is 1. The van der Waals surface area contributed by atoms with Crippen LogP contribution >= 0.6 is 0 Å². The predicted molar refractivity (Wildman–Crippen MR) is 66.9 cm³/mol. The van der Waals surface area contributed by atoms with Gasteiger partial charge in [-0.25, -0.2) is 0 Å². The van der Waals surface area contributed by atoms with Crippen LogP contribution in [-0.4, -0.2) is 21.3 Å². The number of anilines is 2. The van der Waals surface area contributed by atoms with Crippen LogP contribution in [0.4, 0.5) is 24.5 Å². The van der Waals surface area contributed by atoms with Gasteiger partial charge in [0.25, 0.3) is 0 Å². The van der Waals surface area contributed by atoms with Crippen molar-refractivity contribution >= 4 is 11.4 Å². The molecule has 0 radical (unpaired) electrons. The number of nitrogens with zero attached hydrogens (tertiary/aromatic N) is 4. The summed E-state index contributed by atoms with van der Waals surface area (Å²) in [4.78, 5) is 1.65. The van der Waals surface area contributed by atoms with Crippen LogP contribution in [0.2, 0.25) is 0 Å². The molecule has 2 aromatic rings. The van der Waals surface area contributed by atoms with E-state index in [1.54, 1.807) is 11.2 Å². The molecule has 5 nitrogen and oxygen atoms in total. The number of alkyl halides is 3. The van der Waals surface area contributed by atoms with E-state index in [4.69, 9.17) is 5.73 Å². The standard InChI is InChI=1S/C12H12F3N5/c13-12(14,15)9-5-8(16)1-2-10(9)19-3-4-20-7-17-18-11(20)6-19/h1-2,5,7H,3-4,6,16H2. The lowest BCUT2D eigenvalue weighted by Crippen LogP contribution is -2.34. The Kier molecular flexibility index (Phi) is 2.81. The summed E-state index contributed by atoms with van der Waals surface area (Å²) in [5.74, 6) is 0.654. The summed E-state index contributed by atoms with van der Waals surface area (Å²) in [6.45, 7) is 1.33. The summed E-state index contributed by atoms with van der Waals surface area (Å²) >= 11 is 0. The van der Waals surface area contributed by atoms with Crippen molar-refractivity contribution in [2.45, 2.75) is 19.3 Å². The quantitative estimate of drug-likeness (QED) is 0.812. The third kappa shape index (κ3) is 2.17. The highest BCUT2D eigenvalue weighted by atomic mass is 19.4. The van der Waals surface area contributed by atoms with Gasteiger partial charge in [-0.15, -0.1) is 10.2 Å². The largest absolute Gasteiger partial charge is 0.418 e. The number of aromatic nitrogens is 3. The zero-order valence-electron chi connectivity index (χ0n) is 10.4. The molecular weight excluding hydrogens is 271 g/mol. The number of hydrogen-bond acceptors (Lipinski definition) is 4. The Morgan fingerprint density at radius 2 is 2.00 bits per heavy atom. The lowest BCUT2D eigenvalue weighted by atomic mass is 10.1. The molecule has 0 amide bonds. The number of hydrogen-bond donors (Lipinski definition) is 1. The molecular formula is C12H12F3N5. The number of benzene rings is 1. The molecule has 8 heteroatoms. The lowest BCUT2D eigenvalue weighted by molar-refractivity contribution is -0.137. The highest BCUT2D eigenvalue weighted by molar-refractivity contribution is 5.61. The van der Waals surface area contributed by atoms with E-state index in [0.717, 1.165) is 6.07 Å². The van der Waals surface area contributed by atoms with Gasteiger partial charge in [-0.3, -0.25) is 0 Å². The molecule has 0 saturated carbocycles. The maximum absolute atomic E-state index is 13.1. The van der Waals surface area contributed by atoms with E-state index in [1.165, 1.54) is 12.1 Å². The molecule has 0 unspecified atom stereocenters. The normalized spacial score (nSPS) is 15.2. The summed E-state index contributed by atoms with van der Waals surface area (Å²) in [6, 6.07) is 3.85. The summed E-state index contributed by atoms with van der Waals surface area (Å²) in [5, 5.41) is 7.67. The Bertz CT molecular complexity index is 634. The minimum Gasteiger partial charge on any atom is -0.399 e. The average molecular weight is 283 g/mol. The molecule has 0 bridgehead atoms. The van der Waals surface area contributed by atoms with Crippen LogP contribution in [0.5, 0.6) is 0 Å². The van der Waals surface area contributed by atoms with E-state index >= 15 is 0 Å². The lowest BCUT2D eigenvalue weighted by Gasteiger charge is -2.31. The third-order valence-electron chi connectivity index (χ3n) is 3.31. The monoisotopic (exact) mass is 283 g/mol. The van der Waals surface area contributed by atoms with Crippen molar-refractivity contribution in [2.75, 3.05) is 17.2 Å². The fourth-order valence-corrected chi connectivity index (χ4v) is 2.33. The van der Waals surface area contributed by atoms with E-state index in [9.17, 15) is 13.2 Å². The molecule has 0 aliphatic carbocycles. The van der Waals surface area contributed by atoms with Crippen molar-refractivity contribution in [2.24, 2.45) is 0 Å². The molecule has 1 aliphatic rings. The molecule has 1 aliphatic heterocycles. The van der Waals surface area contributed by atoms with Gasteiger partial charge in [-0.05, 0) is 18.2 Å². The second kappa shape index (κ2) is 4.39. The minimum absolute atomic E-state index is 0.0984. The second-order valence-corrected chi connectivity index (χ2v) is 4.64. The van der Waals surface area contributed by atoms with Gasteiger partial charge >= 0.3 is 6.18 Å². The van der Waals surface area contributed by atoms with Gasteiger partial charge in [-0.2, -0.15) is 13.2 Å². The van der Waals surface area contributed by atoms with Crippen molar-refractivity contribution in [1.82, 2.24) is 14.8 Å². The van der Waals surface area contributed by atoms with Crippen LogP contribution < -0.4 is 10.6 Å². The Morgan fingerprint density at radius 3 is 2.75 bits per heavy atom. The van der Waals surface area contributed by atoms with Crippen molar-refractivity contribution in [1.29, 1.82) is 0 Å². The first-order valence-electron chi connectivity index (χ1n) is 6.03. The Hall–Kier alpha value is -2.25. The molecule has 0 saturated heterocycles. The Morgan fingerprint density at radius 1 is 1.20 bits per heavy atom. The number of nitrogen functional groups attached to an aromatic ring is 1. The summed E-state index contributed by atoms with van der Waals surface area (Å²) < 4.78 is 41.1. The van der Waals surface area contributed by atoms with Crippen LogP contribution in [-0.2, 0) is 19.3 Å². The van der Waals surface area contributed by atoms with Gasteiger partial charge in [0.2, 0.25) is 0 Å². The predicted octanol–water partition coefficient (Wildman–Crippen LogP) is 1.90. The first-order valence-corrected chi connectivity index (χ1v) is 6.03. The van der Waals surface area contributed by atoms with Gasteiger partial charge < -0.3 is 15.2 Å². The smallest absolute Gasteiger partial charge is 0.399 e. The SMILES string of the molecule is Nc1ccc(N2CCn3cnnc3C2)c(C(F)(F)F)c1. The van der Waals surface area contributed by atoms with E-state index in [0.29, 0.717) is 25.5 Å². The van der Waals surface area contributed by atoms with Gasteiger partial charge in [-0.1, -0.05) is 0 Å². The molecule has 2 heterocycles. The zero-order chi connectivity index (χ0) is 14.3. The molecule has 0 atom stereocenters. The van der Waals surface area contributed by atoms with Gasteiger partial charge in [0, 0.05) is 24.5 Å². The van der Waals surface area contributed by atoms with Crippen LogP contribution in [0.15, 0.2) is 24.5 Å². The summed E-state index contributed by atoms with van der Waals surface area (Å²) in [6.07, 6.45) is -2.85. The minimum atomic E-state index is -4.43. The van der Waals surface area contributed by atoms with Crippen molar-refractivity contribution in [3.8, 4) is 0 Å². The average Bonchev–Trinajstić information content (AvgIpc) is 2.84. The van der Waals surface area contributed by atoms with Crippen LogP contribution in [0, 0.1) is 0 Å². The van der Waals surface area contributed by atoms with Crippen LogP contribution in [0.1, 0.15) is 11.4 Å². The molecule has 1 aromatic heterocycles. The van der Waals surface area contributed by atoms with Crippen molar-refractivity contribution in [3.05, 3.63) is 35.9 Å². The fraction of sp³-hybridized carbons (Fsp3) is 0.333. The molecule has 0 fully saturated rings. The number of fused-ring (bicyclic) bond motifs is 1. The van der Waals surface area contributed by atoms with Crippen molar-refractivity contribution < 1.29 is 13.2 Å². The molecule has 3 rings (SSSR count). The summed E-state index contributed by atoms with van der Waals surface area (Å²) in [5.41, 5.74) is 4.98. The maximum atomic E-state index is 13.1. The van der Waals surface area contributed by atoms with E-state index in [-0.39, 0.29) is 11.4 Å². The Labute approximate surface area is 112 Å². The van der Waals surface area contributed by atoms with Gasteiger partial charge in [0.15, 0.2) is 5.82 Å². The highest BCUT2D eigenvalue weighted by Gasteiger charge is 2.35.